The fraction of sp³-hybridized carbons (Fsp3) is 0.450. The zero-order valence-electron chi connectivity index (χ0n) is 16.8. The molecular formula is C20H27N5O2S. The van der Waals surface area contributed by atoms with Crippen LogP contribution in [-0.4, -0.2) is 55.6 Å². The van der Waals surface area contributed by atoms with Crippen LogP contribution < -0.4 is 15.5 Å². The Hall–Kier alpha value is -2.32. The van der Waals surface area contributed by atoms with Crippen LogP contribution in [0.1, 0.15) is 19.5 Å². The first-order chi connectivity index (χ1) is 13.4. The Bertz CT molecular complexity index is 820. The molecule has 1 aromatic carbocycles. The second kappa shape index (κ2) is 8.79. The number of morpholine rings is 1. The lowest BCUT2D eigenvalue weighted by Gasteiger charge is -2.30. The van der Waals surface area contributed by atoms with Crippen LogP contribution in [0.5, 0.6) is 0 Å². The minimum atomic E-state index is -0.248. The molecule has 28 heavy (non-hydrogen) atoms. The Morgan fingerprint density at radius 2 is 1.86 bits per heavy atom. The number of anilines is 2. The highest BCUT2D eigenvalue weighted by molar-refractivity contribution is 7.99. The van der Waals surface area contributed by atoms with Crippen molar-refractivity contribution in [3.63, 3.8) is 0 Å². The second-order valence-corrected chi connectivity index (χ2v) is 8.46. The van der Waals surface area contributed by atoms with Gasteiger partial charge in [-0.15, -0.1) is 0 Å². The first-order valence-corrected chi connectivity index (χ1v) is 10.5. The van der Waals surface area contributed by atoms with Gasteiger partial charge in [0.15, 0.2) is 5.82 Å². The van der Waals surface area contributed by atoms with Crippen LogP contribution >= 0.6 is 11.8 Å². The molecule has 1 aromatic heterocycles. The molecule has 0 saturated carbocycles. The molecule has 0 radical (unpaired) electrons. The zero-order chi connectivity index (χ0) is 20.1. The lowest BCUT2D eigenvalue weighted by molar-refractivity contribution is 0.122. The third-order valence-electron chi connectivity index (χ3n) is 4.80. The Labute approximate surface area is 170 Å². The van der Waals surface area contributed by atoms with Crippen molar-refractivity contribution in [3.8, 4) is 11.4 Å². The molecular weight excluding hydrogens is 374 g/mol. The highest BCUT2D eigenvalue weighted by Gasteiger charge is 2.24. The third-order valence-corrected chi connectivity index (χ3v) is 6.03. The summed E-state index contributed by atoms with van der Waals surface area (Å²) in [6.45, 7) is 7.41. The van der Waals surface area contributed by atoms with Crippen molar-refractivity contribution >= 4 is 29.3 Å². The van der Waals surface area contributed by atoms with Crippen LogP contribution in [0.2, 0.25) is 0 Å². The molecule has 0 spiro atoms. The van der Waals surface area contributed by atoms with E-state index in [1.54, 1.807) is 18.8 Å². The van der Waals surface area contributed by atoms with E-state index in [1.807, 2.05) is 24.3 Å². The monoisotopic (exact) mass is 401 g/mol. The van der Waals surface area contributed by atoms with Crippen molar-refractivity contribution in [3.05, 3.63) is 36.0 Å². The van der Waals surface area contributed by atoms with Crippen LogP contribution in [-0.2, 0) is 9.48 Å². The normalized spacial score (nSPS) is 14.6. The molecule has 2 aromatic rings. The third kappa shape index (κ3) is 4.74. The van der Waals surface area contributed by atoms with Gasteiger partial charge in [0, 0.05) is 37.5 Å². The molecule has 1 saturated heterocycles. The van der Waals surface area contributed by atoms with Crippen LogP contribution in [0, 0.1) is 0 Å². The van der Waals surface area contributed by atoms with E-state index in [0.717, 1.165) is 35.9 Å². The summed E-state index contributed by atoms with van der Waals surface area (Å²) in [6.07, 6.45) is 2.09. The number of nitrogens with zero attached hydrogens (tertiary/aromatic N) is 3. The van der Waals surface area contributed by atoms with E-state index in [9.17, 15) is 4.79 Å². The van der Waals surface area contributed by atoms with E-state index < -0.39 is 0 Å². The van der Waals surface area contributed by atoms with Gasteiger partial charge in [0.1, 0.15) is 5.82 Å². The molecule has 8 heteroatoms. The van der Waals surface area contributed by atoms with E-state index in [-0.39, 0.29) is 10.8 Å². The Morgan fingerprint density at radius 3 is 2.46 bits per heavy atom. The highest BCUT2D eigenvalue weighted by Crippen LogP contribution is 2.35. The summed E-state index contributed by atoms with van der Waals surface area (Å²) >= 11 is 1.76. The molecule has 150 valence electrons. The summed E-state index contributed by atoms with van der Waals surface area (Å²) in [5, 5.41) is 5.30. The average molecular weight is 402 g/mol. The minimum absolute atomic E-state index is 0.126. The van der Waals surface area contributed by atoms with Crippen LogP contribution in [0.3, 0.4) is 0 Å². The molecule has 1 fully saturated rings. The van der Waals surface area contributed by atoms with Crippen LogP contribution in [0.25, 0.3) is 11.4 Å². The molecule has 2 N–H and O–H groups in total. The number of urea groups is 1. The van der Waals surface area contributed by atoms with Gasteiger partial charge in [0.2, 0.25) is 0 Å². The maximum Gasteiger partial charge on any atom is 0.318 e. The summed E-state index contributed by atoms with van der Waals surface area (Å²) in [5.41, 5.74) is 2.63. The lowest BCUT2D eigenvalue weighted by atomic mass is 10.1. The van der Waals surface area contributed by atoms with Gasteiger partial charge in [0.25, 0.3) is 0 Å². The molecule has 7 nitrogen and oxygen atoms in total. The van der Waals surface area contributed by atoms with Gasteiger partial charge in [-0.3, -0.25) is 0 Å². The van der Waals surface area contributed by atoms with Gasteiger partial charge in [-0.1, -0.05) is 0 Å². The van der Waals surface area contributed by atoms with E-state index in [2.05, 4.69) is 41.7 Å². The molecule has 0 unspecified atom stereocenters. The number of hydrogen-bond donors (Lipinski definition) is 2. The highest BCUT2D eigenvalue weighted by atomic mass is 32.2. The van der Waals surface area contributed by atoms with E-state index in [1.165, 1.54) is 0 Å². The van der Waals surface area contributed by atoms with Gasteiger partial charge >= 0.3 is 6.03 Å². The van der Waals surface area contributed by atoms with Gasteiger partial charge in [-0.05, 0) is 44.4 Å². The van der Waals surface area contributed by atoms with Crippen molar-refractivity contribution in [1.29, 1.82) is 0 Å². The number of thioether (sulfide) groups is 1. The number of benzene rings is 1. The number of amides is 2. The van der Waals surface area contributed by atoms with Crippen LogP contribution in [0.15, 0.2) is 30.3 Å². The number of carbonyl (C=O) groups is 1. The average Bonchev–Trinajstić information content (AvgIpc) is 2.74. The Balaban J connectivity index is 1.96. The smallest absolute Gasteiger partial charge is 0.318 e. The fourth-order valence-corrected chi connectivity index (χ4v) is 3.14. The molecule has 0 aliphatic carbocycles. The molecule has 3 rings (SSSR count). The summed E-state index contributed by atoms with van der Waals surface area (Å²) < 4.78 is 5.35. The lowest BCUT2D eigenvalue weighted by Crippen LogP contribution is -2.37. The molecule has 2 heterocycles. The molecule has 2 amide bonds. The van der Waals surface area contributed by atoms with Crippen molar-refractivity contribution < 1.29 is 9.53 Å². The fourth-order valence-electron chi connectivity index (χ4n) is 2.83. The predicted octanol–water partition coefficient (Wildman–Crippen LogP) is 3.33. The quantitative estimate of drug-likeness (QED) is 0.800. The first-order valence-electron chi connectivity index (χ1n) is 9.29. The standard InChI is InChI=1S/C20H27N5O2S/c1-20(2,28-4)16-13-17(25-9-11-27-12-10-25)24-18(23-16)14-5-7-15(8-6-14)22-19(26)21-3/h5-8,13H,9-12H2,1-4H3,(H2,21,22,26). The van der Waals surface area contributed by atoms with E-state index in [4.69, 9.17) is 14.7 Å². The zero-order valence-corrected chi connectivity index (χ0v) is 17.6. The first kappa shape index (κ1) is 20.4. The van der Waals surface area contributed by atoms with Crippen molar-refractivity contribution in [1.82, 2.24) is 15.3 Å². The Kier molecular flexibility index (Phi) is 6.41. The van der Waals surface area contributed by atoms with Gasteiger partial charge in [-0.2, -0.15) is 11.8 Å². The molecule has 1 aliphatic rings. The van der Waals surface area contributed by atoms with Gasteiger partial charge in [0.05, 0.1) is 23.7 Å². The van der Waals surface area contributed by atoms with Crippen molar-refractivity contribution in [2.45, 2.75) is 18.6 Å². The Morgan fingerprint density at radius 1 is 1.18 bits per heavy atom. The SMILES string of the molecule is CNC(=O)Nc1ccc(-c2nc(N3CCOCC3)cc(C(C)(C)SC)n2)cc1. The molecule has 0 bridgehead atoms. The summed E-state index contributed by atoms with van der Waals surface area (Å²) in [6, 6.07) is 9.41. The second-order valence-electron chi connectivity index (χ2n) is 7.03. The minimum Gasteiger partial charge on any atom is -0.378 e. The number of nitrogens with one attached hydrogen (secondary N) is 2. The number of ether oxygens (including phenoxy) is 1. The number of carbonyl (C=O) groups excluding carboxylic acids is 1. The largest absolute Gasteiger partial charge is 0.378 e. The molecule has 0 atom stereocenters. The van der Waals surface area contributed by atoms with Gasteiger partial charge < -0.3 is 20.3 Å². The summed E-state index contributed by atoms with van der Waals surface area (Å²) in [7, 11) is 1.59. The topological polar surface area (TPSA) is 79.4 Å². The number of hydrogen-bond acceptors (Lipinski definition) is 6. The number of aromatic nitrogens is 2. The van der Waals surface area contributed by atoms with E-state index in [0.29, 0.717) is 19.0 Å². The van der Waals surface area contributed by atoms with Crippen molar-refractivity contribution in [2.24, 2.45) is 0 Å². The molecule has 1 aliphatic heterocycles. The van der Waals surface area contributed by atoms with Crippen LogP contribution in [0.4, 0.5) is 16.3 Å². The maximum absolute atomic E-state index is 11.5. The van der Waals surface area contributed by atoms with Gasteiger partial charge in [-0.25, -0.2) is 14.8 Å². The summed E-state index contributed by atoms with van der Waals surface area (Å²) in [5.74, 6) is 1.62. The van der Waals surface area contributed by atoms with Crippen molar-refractivity contribution in [2.75, 3.05) is 49.8 Å². The maximum atomic E-state index is 11.5. The number of rotatable bonds is 5. The summed E-state index contributed by atoms with van der Waals surface area (Å²) in [4.78, 5) is 23.4. The van der Waals surface area contributed by atoms with E-state index >= 15 is 0 Å². The predicted molar refractivity (Wildman–Crippen MR) is 115 cm³/mol.